The highest BCUT2D eigenvalue weighted by atomic mass is 32.1. The molecule has 0 unspecified atom stereocenters. The van der Waals surface area contributed by atoms with Gasteiger partial charge in [0, 0.05) is 29.9 Å². The van der Waals surface area contributed by atoms with Gasteiger partial charge in [-0.15, -0.1) is 10.2 Å². The van der Waals surface area contributed by atoms with Gasteiger partial charge in [0.05, 0.1) is 34.2 Å². The van der Waals surface area contributed by atoms with Crippen molar-refractivity contribution in [2.45, 2.75) is 44.7 Å². The number of nitrogens with zero attached hydrogens (tertiary/aromatic N) is 6. The minimum atomic E-state index is 0.242. The number of anilines is 1. The molecule has 5 rings (SSSR count). The second-order valence-corrected chi connectivity index (χ2v) is 9.21. The normalized spacial score (nSPS) is 18.2. The van der Waals surface area contributed by atoms with Crippen molar-refractivity contribution in [1.82, 2.24) is 24.8 Å². The van der Waals surface area contributed by atoms with Crippen LogP contribution in [0.5, 0.6) is 0 Å². The summed E-state index contributed by atoms with van der Waals surface area (Å²) in [6.45, 7) is 4.20. The molecule has 4 heterocycles. The fourth-order valence-electron chi connectivity index (χ4n) is 3.82. The first-order chi connectivity index (χ1) is 15.0. The maximum atomic E-state index is 9.11. The van der Waals surface area contributed by atoms with Crippen LogP contribution >= 0.6 is 11.3 Å². The van der Waals surface area contributed by atoms with E-state index in [1.807, 2.05) is 30.5 Å². The lowest BCUT2D eigenvalue weighted by Crippen LogP contribution is -2.34. The number of hydrogen-bond donors (Lipinski definition) is 2. The van der Waals surface area contributed by atoms with Crippen LogP contribution in [-0.4, -0.2) is 36.9 Å². The Hall–Kier alpha value is -3.35. The summed E-state index contributed by atoms with van der Waals surface area (Å²) in [5.41, 5.74) is 10.9. The number of rotatable bonds is 5. The maximum Gasteiger partial charge on any atom is 0.151 e. The lowest BCUT2D eigenvalue weighted by molar-refractivity contribution is 0.349. The van der Waals surface area contributed by atoms with Crippen molar-refractivity contribution in [2.75, 3.05) is 5.32 Å². The Morgan fingerprint density at radius 2 is 2.06 bits per heavy atom. The smallest absolute Gasteiger partial charge is 0.151 e. The minimum absolute atomic E-state index is 0.242. The van der Waals surface area contributed by atoms with Crippen molar-refractivity contribution in [1.29, 1.82) is 5.26 Å². The molecular formula is C22H22N8S. The molecule has 9 heteroatoms. The molecule has 0 amide bonds. The van der Waals surface area contributed by atoms with E-state index < -0.39 is 0 Å². The van der Waals surface area contributed by atoms with Crippen molar-refractivity contribution in [3.05, 3.63) is 47.2 Å². The molecule has 4 aromatic rings. The maximum absolute atomic E-state index is 9.11. The molecule has 3 N–H and O–H groups in total. The van der Waals surface area contributed by atoms with Crippen molar-refractivity contribution in [3.63, 3.8) is 0 Å². The zero-order valence-electron chi connectivity index (χ0n) is 17.3. The van der Waals surface area contributed by atoms with E-state index in [9.17, 15) is 0 Å². The van der Waals surface area contributed by atoms with E-state index in [0.29, 0.717) is 11.5 Å². The minimum Gasteiger partial charge on any atom is -0.382 e. The largest absolute Gasteiger partial charge is 0.382 e. The molecule has 0 spiro atoms. The summed E-state index contributed by atoms with van der Waals surface area (Å²) in [5, 5.41) is 27.8. The Bertz CT molecular complexity index is 1290. The second-order valence-electron chi connectivity index (χ2n) is 8.20. The Labute approximate surface area is 183 Å². The van der Waals surface area contributed by atoms with Crippen LogP contribution in [0, 0.1) is 11.3 Å². The van der Waals surface area contributed by atoms with Crippen LogP contribution in [-0.2, 0) is 0 Å². The van der Waals surface area contributed by atoms with Gasteiger partial charge in [0.15, 0.2) is 5.01 Å². The third-order valence-electron chi connectivity index (χ3n) is 5.43. The van der Waals surface area contributed by atoms with Gasteiger partial charge in [-0.05, 0) is 51.0 Å². The standard InChI is InChI=1S/C22H22N8S/c1-12(2)27-18-8-19(20-4-3-16-5-13(9-23)10-26-30(16)20)25-11-17(18)22-29-28-21(31-22)14-6-15(24)7-14/h3-5,8,10-12,14-15H,6-7,24H2,1-2H3,(H,25,27). The van der Waals surface area contributed by atoms with E-state index in [-0.39, 0.29) is 12.1 Å². The topological polar surface area (TPSA) is 118 Å². The zero-order chi connectivity index (χ0) is 21.5. The van der Waals surface area contributed by atoms with E-state index in [0.717, 1.165) is 51.0 Å². The van der Waals surface area contributed by atoms with Gasteiger partial charge >= 0.3 is 0 Å². The van der Waals surface area contributed by atoms with Crippen molar-refractivity contribution in [3.8, 4) is 28.0 Å². The first kappa shape index (κ1) is 19.6. The van der Waals surface area contributed by atoms with E-state index in [4.69, 9.17) is 16.0 Å². The molecule has 1 fully saturated rings. The summed E-state index contributed by atoms with van der Waals surface area (Å²) >= 11 is 1.62. The highest BCUT2D eigenvalue weighted by Crippen LogP contribution is 2.40. The zero-order valence-corrected chi connectivity index (χ0v) is 18.1. The lowest BCUT2D eigenvalue weighted by Gasteiger charge is -2.30. The predicted octanol–water partition coefficient (Wildman–Crippen LogP) is 3.81. The first-order valence-corrected chi connectivity index (χ1v) is 11.1. The van der Waals surface area contributed by atoms with E-state index in [2.05, 4.69) is 40.5 Å². The molecule has 0 saturated heterocycles. The van der Waals surface area contributed by atoms with Gasteiger partial charge in [-0.1, -0.05) is 11.3 Å². The molecule has 1 saturated carbocycles. The van der Waals surface area contributed by atoms with Gasteiger partial charge in [-0.25, -0.2) is 4.52 Å². The first-order valence-electron chi connectivity index (χ1n) is 10.3. The Kier molecular flexibility index (Phi) is 4.88. The molecule has 0 bridgehead atoms. The van der Waals surface area contributed by atoms with Gasteiger partial charge in [-0.2, -0.15) is 10.4 Å². The summed E-state index contributed by atoms with van der Waals surface area (Å²) in [6.07, 6.45) is 5.36. The monoisotopic (exact) mass is 430 g/mol. The number of nitrogens with one attached hydrogen (secondary N) is 1. The van der Waals surface area contributed by atoms with Crippen molar-refractivity contribution in [2.24, 2.45) is 5.73 Å². The van der Waals surface area contributed by atoms with Gasteiger partial charge in [0.1, 0.15) is 11.1 Å². The van der Waals surface area contributed by atoms with E-state index >= 15 is 0 Å². The van der Waals surface area contributed by atoms with Crippen LogP contribution in [0.2, 0.25) is 0 Å². The summed E-state index contributed by atoms with van der Waals surface area (Å²) in [7, 11) is 0. The molecule has 0 radical (unpaired) electrons. The summed E-state index contributed by atoms with van der Waals surface area (Å²) < 4.78 is 1.80. The van der Waals surface area contributed by atoms with E-state index in [1.54, 1.807) is 22.0 Å². The second kappa shape index (κ2) is 7.72. The third-order valence-corrected chi connectivity index (χ3v) is 6.55. The Balaban J connectivity index is 1.54. The van der Waals surface area contributed by atoms with Crippen molar-refractivity contribution >= 4 is 22.5 Å². The van der Waals surface area contributed by atoms with Gasteiger partial charge in [0.2, 0.25) is 0 Å². The fourth-order valence-corrected chi connectivity index (χ4v) is 4.82. The SMILES string of the molecule is CC(C)Nc1cc(-c2ccc3cc(C#N)cnn23)ncc1-c1nnc(C2CC(N)C2)s1. The number of fused-ring (bicyclic) bond motifs is 1. The average molecular weight is 431 g/mol. The number of aromatic nitrogens is 5. The molecule has 4 aromatic heterocycles. The molecule has 31 heavy (non-hydrogen) atoms. The predicted molar refractivity (Wildman–Crippen MR) is 121 cm³/mol. The Morgan fingerprint density at radius 1 is 1.23 bits per heavy atom. The van der Waals surface area contributed by atoms with Gasteiger partial charge in [-0.3, -0.25) is 4.98 Å². The van der Waals surface area contributed by atoms with Gasteiger partial charge in [0.25, 0.3) is 0 Å². The lowest BCUT2D eigenvalue weighted by atomic mass is 9.81. The van der Waals surface area contributed by atoms with Crippen LogP contribution in [0.15, 0.2) is 36.7 Å². The molecule has 0 atom stereocenters. The quantitative estimate of drug-likeness (QED) is 0.494. The molecule has 8 nitrogen and oxygen atoms in total. The molecule has 0 aliphatic heterocycles. The molecular weight excluding hydrogens is 408 g/mol. The van der Waals surface area contributed by atoms with Crippen LogP contribution in [0.25, 0.3) is 27.5 Å². The molecule has 156 valence electrons. The van der Waals surface area contributed by atoms with E-state index in [1.165, 1.54) is 0 Å². The van der Waals surface area contributed by atoms with Crippen LogP contribution < -0.4 is 11.1 Å². The third kappa shape index (κ3) is 3.65. The summed E-state index contributed by atoms with van der Waals surface area (Å²) in [4.78, 5) is 4.71. The van der Waals surface area contributed by atoms with Crippen molar-refractivity contribution < 1.29 is 0 Å². The molecule has 0 aromatic carbocycles. The number of nitriles is 1. The van der Waals surface area contributed by atoms with Crippen LogP contribution in [0.1, 0.15) is 43.2 Å². The van der Waals surface area contributed by atoms with Crippen LogP contribution in [0.4, 0.5) is 5.69 Å². The summed E-state index contributed by atoms with van der Waals surface area (Å²) in [5.74, 6) is 0.423. The highest BCUT2D eigenvalue weighted by Gasteiger charge is 2.30. The number of pyridine rings is 1. The van der Waals surface area contributed by atoms with Gasteiger partial charge < -0.3 is 11.1 Å². The highest BCUT2D eigenvalue weighted by molar-refractivity contribution is 7.14. The fraction of sp³-hybridized carbons (Fsp3) is 0.318. The summed E-state index contributed by atoms with van der Waals surface area (Å²) in [6, 6.07) is 10.4. The number of hydrogen-bond acceptors (Lipinski definition) is 8. The molecule has 1 aliphatic rings. The molecule has 1 aliphatic carbocycles. The Morgan fingerprint density at radius 3 is 2.81 bits per heavy atom. The number of nitrogens with two attached hydrogens (primary N) is 1. The average Bonchev–Trinajstić information content (AvgIpc) is 3.37. The van der Waals surface area contributed by atoms with Crippen LogP contribution in [0.3, 0.4) is 0 Å².